The Morgan fingerprint density at radius 2 is 1.73 bits per heavy atom. The number of rotatable bonds is 6. The van der Waals surface area contributed by atoms with Gasteiger partial charge in [0.1, 0.15) is 0 Å². The summed E-state index contributed by atoms with van der Waals surface area (Å²) < 4.78 is 39.9. The summed E-state index contributed by atoms with van der Waals surface area (Å²) in [7, 11) is 0. The van der Waals surface area contributed by atoms with E-state index in [1.165, 1.54) is 6.20 Å². The zero-order valence-corrected chi connectivity index (χ0v) is 14.1. The van der Waals surface area contributed by atoms with E-state index in [0.29, 0.717) is 17.4 Å². The fourth-order valence-electron chi connectivity index (χ4n) is 2.17. The molecular weight excluding hydrogens is 367 g/mol. The van der Waals surface area contributed by atoms with E-state index in [1.807, 2.05) is 24.3 Å². The number of hydrogen-bond acceptors (Lipinski definition) is 5. The van der Waals surface area contributed by atoms with Gasteiger partial charge in [-0.25, -0.2) is 13.2 Å². The molecule has 0 radical (unpaired) electrons. The minimum Gasteiger partial charge on any atom is -0.368 e. The quantitative estimate of drug-likeness (QED) is 0.624. The summed E-state index contributed by atoms with van der Waals surface area (Å²) in [4.78, 5) is 4.11. The van der Waals surface area contributed by atoms with E-state index in [0.717, 1.165) is 24.1 Å². The van der Waals surface area contributed by atoms with Crippen LogP contribution in [0.1, 0.15) is 5.56 Å². The molecule has 0 amide bonds. The highest BCUT2D eigenvalue weighted by Crippen LogP contribution is 2.22. The van der Waals surface area contributed by atoms with Crippen LogP contribution in [0.5, 0.6) is 0 Å². The topological polar surface area (TPSA) is 62.7 Å². The molecule has 9 heteroatoms. The zero-order valence-electron chi connectivity index (χ0n) is 13.3. The molecule has 0 aliphatic heterocycles. The molecule has 0 saturated carbocycles. The lowest BCUT2D eigenvalue weighted by atomic mass is 10.1. The predicted octanol–water partition coefficient (Wildman–Crippen LogP) is 4.34. The third-order valence-electron chi connectivity index (χ3n) is 3.47. The van der Waals surface area contributed by atoms with Crippen molar-refractivity contribution in [3.05, 3.63) is 70.6 Å². The van der Waals surface area contributed by atoms with Gasteiger partial charge in [-0.2, -0.15) is 10.1 Å². The van der Waals surface area contributed by atoms with Crippen LogP contribution in [0.2, 0.25) is 5.02 Å². The van der Waals surface area contributed by atoms with Gasteiger partial charge in [-0.3, -0.25) is 0 Å². The highest BCUT2D eigenvalue weighted by atomic mass is 35.5. The summed E-state index contributed by atoms with van der Waals surface area (Å²) in [6.45, 7) is 0.569. The molecule has 0 fully saturated rings. The minimum atomic E-state index is -1.57. The monoisotopic (exact) mass is 379 g/mol. The summed E-state index contributed by atoms with van der Waals surface area (Å²) in [6.07, 6.45) is 2.12. The lowest BCUT2D eigenvalue weighted by molar-refractivity contribution is 0.449. The third-order valence-corrected chi connectivity index (χ3v) is 3.73. The molecule has 5 nitrogen and oxygen atoms in total. The maximum absolute atomic E-state index is 13.7. The zero-order chi connectivity index (χ0) is 18.5. The molecule has 1 aromatic heterocycles. The maximum Gasteiger partial charge on any atom is 0.249 e. The van der Waals surface area contributed by atoms with E-state index in [9.17, 15) is 13.2 Å². The lowest BCUT2D eigenvalue weighted by Crippen LogP contribution is -2.09. The molecular formula is C17H13ClF3N5. The van der Waals surface area contributed by atoms with Crippen molar-refractivity contribution in [2.24, 2.45) is 0 Å². The second-order valence-electron chi connectivity index (χ2n) is 5.32. The first-order chi connectivity index (χ1) is 12.5. The number of nitrogens with one attached hydrogen (secondary N) is 2. The van der Waals surface area contributed by atoms with Gasteiger partial charge < -0.3 is 10.6 Å². The first kappa shape index (κ1) is 17.9. The standard InChI is InChI=1S/C17H13ClF3N5/c18-11-3-1-10(2-4-11)7-8-22-14-9-23-26-17(25-14)24-13-6-5-12(19)15(20)16(13)21/h1-6,9H,7-8H2,(H2,22,24,25,26). The Morgan fingerprint density at radius 1 is 0.962 bits per heavy atom. The predicted molar refractivity (Wildman–Crippen MR) is 93.1 cm³/mol. The van der Waals surface area contributed by atoms with Crippen molar-refractivity contribution in [2.45, 2.75) is 6.42 Å². The molecule has 0 spiro atoms. The third kappa shape index (κ3) is 4.40. The molecule has 0 unspecified atom stereocenters. The van der Waals surface area contributed by atoms with E-state index in [4.69, 9.17) is 11.6 Å². The van der Waals surface area contributed by atoms with Gasteiger partial charge in [-0.15, -0.1) is 5.10 Å². The molecule has 0 aliphatic rings. The van der Waals surface area contributed by atoms with Crippen molar-refractivity contribution in [1.82, 2.24) is 15.2 Å². The van der Waals surface area contributed by atoms with Crippen molar-refractivity contribution in [3.63, 3.8) is 0 Å². The number of nitrogens with zero attached hydrogens (tertiary/aromatic N) is 3. The molecule has 3 rings (SSSR count). The molecule has 2 aromatic carbocycles. The first-order valence-electron chi connectivity index (χ1n) is 7.61. The van der Waals surface area contributed by atoms with Crippen LogP contribution in [0.4, 0.5) is 30.6 Å². The molecule has 2 N–H and O–H groups in total. The SMILES string of the molecule is Fc1ccc(Nc2nncc(NCCc3ccc(Cl)cc3)n2)c(F)c1F. The molecule has 0 aliphatic carbocycles. The molecule has 134 valence electrons. The van der Waals surface area contributed by atoms with Crippen LogP contribution in [0.15, 0.2) is 42.6 Å². The Balaban J connectivity index is 1.63. The molecule has 3 aromatic rings. The van der Waals surface area contributed by atoms with Crippen LogP contribution in [-0.2, 0) is 6.42 Å². The summed E-state index contributed by atoms with van der Waals surface area (Å²) in [5.74, 6) is -3.84. The summed E-state index contributed by atoms with van der Waals surface area (Å²) in [6, 6.07) is 9.31. The van der Waals surface area contributed by atoms with Crippen LogP contribution in [0.25, 0.3) is 0 Å². The summed E-state index contributed by atoms with van der Waals surface area (Å²) in [5.41, 5.74) is 0.801. The molecule has 0 atom stereocenters. The van der Waals surface area contributed by atoms with Gasteiger partial charge in [0.05, 0.1) is 11.9 Å². The van der Waals surface area contributed by atoms with Gasteiger partial charge in [0, 0.05) is 11.6 Å². The maximum atomic E-state index is 13.7. The van der Waals surface area contributed by atoms with Gasteiger partial charge in [0.2, 0.25) is 5.95 Å². The fraction of sp³-hybridized carbons (Fsp3) is 0.118. The average molecular weight is 380 g/mol. The van der Waals surface area contributed by atoms with Gasteiger partial charge >= 0.3 is 0 Å². The van der Waals surface area contributed by atoms with Gasteiger partial charge in [0.25, 0.3) is 0 Å². The molecule has 0 bridgehead atoms. The van der Waals surface area contributed by atoms with Gasteiger partial charge in [-0.1, -0.05) is 23.7 Å². The Labute approximate surface area is 152 Å². The van der Waals surface area contributed by atoms with E-state index in [-0.39, 0.29) is 11.6 Å². The second-order valence-corrected chi connectivity index (χ2v) is 5.75. The smallest absolute Gasteiger partial charge is 0.249 e. The van der Waals surface area contributed by atoms with Crippen molar-refractivity contribution in [2.75, 3.05) is 17.2 Å². The second kappa shape index (κ2) is 8.01. The average Bonchev–Trinajstić information content (AvgIpc) is 2.64. The van der Waals surface area contributed by atoms with Crippen LogP contribution < -0.4 is 10.6 Å². The van der Waals surface area contributed by atoms with Crippen molar-refractivity contribution < 1.29 is 13.2 Å². The number of halogens is 4. The Hall–Kier alpha value is -2.87. The normalized spacial score (nSPS) is 10.6. The van der Waals surface area contributed by atoms with Crippen LogP contribution in [0.3, 0.4) is 0 Å². The lowest BCUT2D eigenvalue weighted by Gasteiger charge is -2.09. The largest absolute Gasteiger partial charge is 0.368 e. The summed E-state index contributed by atoms with van der Waals surface area (Å²) in [5, 5.41) is 13.6. The highest BCUT2D eigenvalue weighted by Gasteiger charge is 2.14. The van der Waals surface area contributed by atoms with E-state index >= 15 is 0 Å². The number of benzene rings is 2. The van der Waals surface area contributed by atoms with Gasteiger partial charge in [-0.05, 0) is 36.2 Å². The minimum absolute atomic E-state index is 0.0496. The van der Waals surface area contributed by atoms with E-state index < -0.39 is 17.5 Å². The van der Waals surface area contributed by atoms with Crippen molar-refractivity contribution in [1.29, 1.82) is 0 Å². The molecule has 1 heterocycles. The molecule has 0 saturated heterocycles. The van der Waals surface area contributed by atoms with Crippen LogP contribution in [0, 0.1) is 17.5 Å². The highest BCUT2D eigenvalue weighted by molar-refractivity contribution is 6.30. The number of hydrogen-bond donors (Lipinski definition) is 2. The van der Waals surface area contributed by atoms with Crippen molar-refractivity contribution in [3.8, 4) is 0 Å². The van der Waals surface area contributed by atoms with Crippen LogP contribution in [-0.4, -0.2) is 21.7 Å². The first-order valence-corrected chi connectivity index (χ1v) is 7.99. The number of anilines is 3. The van der Waals surface area contributed by atoms with Crippen LogP contribution >= 0.6 is 11.6 Å². The van der Waals surface area contributed by atoms with E-state index in [1.54, 1.807) is 0 Å². The Kier molecular flexibility index (Phi) is 5.52. The van der Waals surface area contributed by atoms with Gasteiger partial charge in [0.15, 0.2) is 23.3 Å². The number of aromatic nitrogens is 3. The van der Waals surface area contributed by atoms with Crippen molar-refractivity contribution >= 4 is 29.1 Å². The Bertz CT molecular complexity index is 905. The Morgan fingerprint density at radius 3 is 2.50 bits per heavy atom. The fourth-order valence-corrected chi connectivity index (χ4v) is 2.30. The summed E-state index contributed by atoms with van der Waals surface area (Å²) >= 11 is 5.84. The van der Waals surface area contributed by atoms with E-state index in [2.05, 4.69) is 25.8 Å². The molecule has 26 heavy (non-hydrogen) atoms.